The van der Waals surface area contributed by atoms with Crippen LogP contribution in [0.25, 0.3) is 11.0 Å². The number of carbonyl (C=O) groups is 1. The Morgan fingerprint density at radius 2 is 2.12 bits per heavy atom. The lowest BCUT2D eigenvalue weighted by Gasteiger charge is -2.39. The molecule has 1 aromatic heterocycles. The van der Waals surface area contributed by atoms with E-state index in [9.17, 15) is 9.90 Å². The number of amides is 1. The van der Waals surface area contributed by atoms with E-state index in [0.717, 1.165) is 38.5 Å². The van der Waals surface area contributed by atoms with Gasteiger partial charge in [-0.15, -0.1) is 6.58 Å². The third kappa shape index (κ3) is 3.33. The van der Waals surface area contributed by atoms with Crippen LogP contribution in [0.4, 0.5) is 0 Å². The Bertz CT molecular complexity index is 732. The van der Waals surface area contributed by atoms with Gasteiger partial charge >= 0.3 is 0 Å². The molecule has 2 aromatic rings. The summed E-state index contributed by atoms with van der Waals surface area (Å²) in [5, 5.41) is 18.1. The number of hydrogen-bond donors (Lipinski definition) is 1. The average molecular weight is 329 g/mol. The normalized spacial score (nSPS) is 24.0. The summed E-state index contributed by atoms with van der Waals surface area (Å²) in [7, 11) is 1.83. The van der Waals surface area contributed by atoms with E-state index in [-0.39, 0.29) is 11.9 Å². The topological polar surface area (TPSA) is 79.5 Å². The van der Waals surface area contributed by atoms with E-state index < -0.39 is 5.60 Å². The molecule has 3 rings (SSSR count). The second kappa shape index (κ2) is 6.73. The second-order valence-corrected chi connectivity index (χ2v) is 6.67. The van der Waals surface area contributed by atoms with Crippen molar-refractivity contribution in [3.05, 3.63) is 36.4 Å². The van der Waals surface area contributed by atoms with Crippen molar-refractivity contribution >= 4 is 16.9 Å². The highest BCUT2D eigenvalue weighted by Gasteiger charge is 2.35. The van der Waals surface area contributed by atoms with Crippen molar-refractivity contribution in [3.8, 4) is 0 Å². The highest BCUT2D eigenvalue weighted by atomic mass is 16.6. The lowest BCUT2D eigenvalue weighted by atomic mass is 9.79. The summed E-state index contributed by atoms with van der Waals surface area (Å²) < 4.78 is 4.67. The van der Waals surface area contributed by atoms with E-state index in [4.69, 9.17) is 0 Å². The van der Waals surface area contributed by atoms with Gasteiger partial charge in [0.25, 0.3) is 5.91 Å². The molecule has 0 aliphatic heterocycles. The maximum Gasteiger partial charge on any atom is 0.253 e. The monoisotopic (exact) mass is 329 g/mol. The third-order valence-corrected chi connectivity index (χ3v) is 5.07. The van der Waals surface area contributed by atoms with Crippen LogP contribution in [0, 0.1) is 0 Å². The van der Waals surface area contributed by atoms with Gasteiger partial charge in [0.2, 0.25) is 0 Å². The van der Waals surface area contributed by atoms with Gasteiger partial charge in [-0.25, -0.2) is 4.63 Å². The maximum atomic E-state index is 12.7. The van der Waals surface area contributed by atoms with Crippen LogP contribution in [0.1, 0.15) is 48.9 Å². The number of fused-ring (bicyclic) bond motifs is 1. The van der Waals surface area contributed by atoms with Gasteiger partial charge in [0.05, 0.1) is 5.60 Å². The van der Waals surface area contributed by atoms with Gasteiger partial charge in [0, 0.05) is 18.7 Å². The Morgan fingerprint density at radius 1 is 1.42 bits per heavy atom. The summed E-state index contributed by atoms with van der Waals surface area (Å²) in [5.74, 6) is -0.0403. The standard InChI is InChI=1S/C18H23N3O3/c1-3-4-9-18(23)10-7-14(8-11-18)21(2)17(22)13-5-6-15-16(12-13)20-24-19-15/h3,5-6,12,14,23H,1,4,7-11H2,2H3/t14-,18+. The predicted octanol–water partition coefficient (Wildman–Crippen LogP) is 2.93. The molecule has 6 heteroatoms. The molecule has 1 heterocycles. The summed E-state index contributed by atoms with van der Waals surface area (Å²) in [6.07, 6.45) is 6.46. The summed E-state index contributed by atoms with van der Waals surface area (Å²) in [6, 6.07) is 5.33. The zero-order valence-electron chi connectivity index (χ0n) is 13.9. The molecule has 6 nitrogen and oxygen atoms in total. The van der Waals surface area contributed by atoms with Crippen molar-refractivity contribution in [1.82, 2.24) is 15.2 Å². The van der Waals surface area contributed by atoms with Crippen LogP contribution in [0.3, 0.4) is 0 Å². The van der Waals surface area contributed by atoms with Gasteiger partial charge in [0.1, 0.15) is 11.0 Å². The van der Waals surface area contributed by atoms with Crippen molar-refractivity contribution in [2.45, 2.75) is 50.2 Å². The smallest absolute Gasteiger partial charge is 0.253 e. The molecule has 1 amide bonds. The molecule has 128 valence electrons. The van der Waals surface area contributed by atoms with E-state index in [2.05, 4.69) is 21.5 Å². The van der Waals surface area contributed by atoms with E-state index in [1.54, 1.807) is 23.1 Å². The number of hydrogen-bond acceptors (Lipinski definition) is 5. The Balaban J connectivity index is 1.65. The van der Waals surface area contributed by atoms with Gasteiger partial charge in [-0.1, -0.05) is 6.08 Å². The summed E-state index contributed by atoms with van der Waals surface area (Å²) in [6.45, 7) is 3.71. The minimum Gasteiger partial charge on any atom is -0.390 e. The fourth-order valence-electron chi connectivity index (χ4n) is 3.43. The first kappa shape index (κ1) is 16.6. The molecule has 0 unspecified atom stereocenters. The summed E-state index contributed by atoms with van der Waals surface area (Å²) in [4.78, 5) is 14.5. The van der Waals surface area contributed by atoms with Crippen molar-refractivity contribution in [3.63, 3.8) is 0 Å². The van der Waals surface area contributed by atoms with Gasteiger partial charge in [-0.05, 0) is 67.0 Å². The summed E-state index contributed by atoms with van der Waals surface area (Å²) in [5.41, 5.74) is 1.18. The number of rotatable bonds is 5. The Kier molecular flexibility index (Phi) is 4.66. The van der Waals surface area contributed by atoms with Crippen LogP contribution < -0.4 is 0 Å². The van der Waals surface area contributed by atoms with E-state index in [0.29, 0.717) is 16.6 Å². The van der Waals surface area contributed by atoms with Crippen LogP contribution >= 0.6 is 0 Å². The first-order valence-electron chi connectivity index (χ1n) is 8.35. The van der Waals surface area contributed by atoms with Crippen molar-refractivity contribution < 1.29 is 14.5 Å². The lowest BCUT2D eigenvalue weighted by molar-refractivity contribution is -0.0210. The molecule has 1 aromatic carbocycles. The lowest BCUT2D eigenvalue weighted by Crippen LogP contribution is -2.44. The molecule has 1 aliphatic carbocycles. The molecule has 0 radical (unpaired) electrons. The molecule has 0 bridgehead atoms. The fourth-order valence-corrected chi connectivity index (χ4v) is 3.43. The Labute approximate surface area is 141 Å². The predicted molar refractivity (Wildman–Crippen MR) is 90.5 cm³/mol. The zero-order chi connectivity index (χ0) is 17.2. The van der Waals surface area contributed by atoms with Gasteiger partial charge in [-0.3, -0.25) is 4.79 Å². The molecule has 24 heavy (non-hydrogen) atoms. The van der Waals surface area contributed by atoms with Crippen molar-refractivity contribution in [1.29, 1.82) is 0 Å². The number of aliphatic hydroxyl groups is 1. The third-order valence-electron chi connectivity index (χ3n) is 5.07. The number of benzene rings is 1. The molecular formula is C18H23N3O3. The minimum atomic E-state index is -0.611. The highest BCUT2D eigenvalue weighted by Crippen LogP contribution is 2.34. The minimum absolute atomic E-state index is 0.0403. The van der Waals surface area contributed by atoms with E-state index in [1.807, 2.05) is 13.1 Å². The van der Waals surface area contributed by atoms with E-state index in [1.165, 1.54) is 0 Å². The van der Waals surface area contributed by atoms with Crippen molar-refractivity contribution in [2.75, 3.05) is 7.05 Å². The summed E-state index contributed by atoms with van der Waals surface area (Å²) >= 11 is 0. The number of aromatic nitrogens is 2. The maximum absolute atomic E-state index is 12.7. The SMILES string of the molecule is C=CCC[C@]1(O)CC[C@@H](N(C)C(=O)c2ccc3nonc3c2)CC1. The largest absolute Gasteiger partial charge is 0.390 e. The Morgan fingerprint density at radius 3 is 2.83 bits per heavy atom. The van der Waals surface area contributed by atoms with Crippen LogP contribution in [0.2, 0.25) is 0 Å². The van der Waals surface area contributed by atoms with Gasteiger partial charge in [0.15, 0.2) is 0 Å². The van der Waals surface area contributed by atoms with Gasteiger partial charge in [-0.2, -0.15) is 0 Å². The van der Waals surface area contributed by atoms with Crippen LogP contribution in [-0.2, 0) is 0 Å². The quantitative estimate of drug-likeness (QED) is 0.853. The number of nitrogens with zero attached hydrogens (tertiary/aromatic N) is 3. The van der Waals surface area contributed by atoms with Crippen LogP contribution in [-0.4, -0.2) is 44.9 Å². The number of carbonyl (C=O) groups excluding carboxylic acids is 1. The first-order chi connectivity index (χ1) is 11.5. The molecule has 0 saturated heterocycles. The first-order valence-corrected chi connectivity index (χ1v) is 8.35. The molecule has 0 spiro atoms. The average Bonchev–Trinajstić information content (AvgIpc) is 3.07. The van der Waals surface area contributed by atoms with Crippen LogP contribution in [0.5, 0.6) is 0 Å². The number of allylic oxidation sites excluding steroid dienone is 1. The fraction of sp³-hybridized carbons (Fsp3) is 0.500. The molecule has 1 aliphatic rings. The molecule has 1 saturated carbocycles. The van der Waals surface area contributed by atoms with Gasteiger partial charge < -0.3 is 10.0 Å². The Hall–Kier alpha value is -2.21. The molecule has 1 fully saturated rings. The zero-order valence-corrected chi connectivity index (χ0v) is 13.9. The van der Waals surface area contributed by atoms with Crippen LogP contribution in [0.15, 0.2) is 35.5 Å². The molecular weight excluding hydrogens is 306 g/mol. The molecule has 1 N–H and O–H groups in total. The highest BCUT2D eigenvalue weighted by molar-refractivity contribution is 5.97. The van der Waals surface area contributed by atoms with Crippen molar-refractivity contribution in [2.24, 2.45) is 0 Å². The van der Waals surface area contributed by atoms with E-state index >= 15 is 0 Å². The second-order valence-electron chi connectivity index (χ2n) is 6.67. The molecule has 0 atom stereocenters.